The monoisotopic (exact) mass is 345 g/mol. The SMILES string of the molecule is Nc1ncnc(N2C[C@@H]3OCCN(Cc4ccccc4)[C@@H]3C2)c1Cl. The fourth-order valence-corrected chi connectivity index (χ4v) is 3.76. The Morgan fingerprint density at radius 3 is 2.88 bits per heavy atom. The quantitative estimate of drug-likeness (QED) is 0.915. The molecular formula is C17H20ClN5O. The van der Waals surface area contributed by atoms with Gasteiger partial charge >= 0.3 is 0 Å². The predicted octanol–water partition coefficient (Wildman–Crippen LogP) is 1.80. The molecule has 4 rings (SSSR count). The topological polar surface area (TPSA) is 67.5 Å². The summed E-state index contributed by atoms with van der Waals surface area (Å²) in [6.07, 6.45) is 1.62. The molecule has 7 heteroatoms. The number of aromatic nitrogens is 2. The maximum Gasteiger partial charge on any atom is 0.153 e. The maximum atomic E-state index is 6.29. The van der Waals surface area contributed by atoms with Gasteiger partial charge in [0.05, 0.1) is 18.8 Å². The van der Waals surface area contributed by atoms with Crippen LogP contribution >= 0.6 is 11.6 Å². The zero-order valence-corrected chi connectivity index (χ0v) is 14.1. The summed E-state index contributed by atoms with van der Waals surface area (Å²) in [5.74, 6) is 1.01. The third-order valence-corrected chi connectivity index (χ3v) is 5.11. The van der Waals surface area contributed by atoms with E-state index in [2.05, 4.69) is 44.0 Å². The van der Waals surface area contributed by atoms with Crippen molar-refractivity contribution < 1.29 is 4.74 Å². The van der Waals surface area contributed by atoms with Gasteiger partial charge in [-0.2, -0.15) is 0 Å². The van der Waals surface area contributed by atoms with Crippen molar-refractivity contribution in [1.82, 2.24) is 14.9 Å². The molecule has 2 atom stereocenters. The summed E-state index contributed by atoms with van der Waals surface area (Å²) < 4.78 is 5.99. The van der Waals surface area contributed by atoms with E-state index in [0.717, 1.165) is 32.8 Å². The van der Waals surface area contributed by atoms with Crippen molar-refractivity contribution >= 4 is 23.2 Å². The van der Waals surface area contributed by atoms with Gasteiger partial charge in [0, 0.05) is 26.2 Å². The summed E-state index contributed by atoms with van der Waals surface area (Å²) in [5, 5.41) is 0.422. The Hall–Kier alpha value is -1.89. The first-order chi connectivity index (χ1) is 11.7. The fourth-order valence-electron chi connectivity index (χ4n) is 3.54. The number of ether oxygens (including phenoxy) is 1. The summed E-state index contributed by atoms with van der Waals surface area (Å²) in [6.45, 7) is 4.21. The number of anilines is 2. The van der Waals surface area contributed by atoms with Crippen LogP contribution in [0.25, 0.3) is 0 Å². The van der Waals surface area contributed by atoms with E-state index in [1.54, 1.807) is 0 Å². The minimum absolute atomic E-state index is 0.162. The largest absolute Gasteiger partial charge is 0.382 e. The van der Waals surface area contributed by atoms with Crippen LogP contribution in [0.15, 0.2) is 36.7 Å². The van der Waals surface area contributed by atoms with E-state index in [1.807, 2.05) is 6.07 Å². The van der Waals surface area contributed by atoms with E-state index < -0.39 is 0 Å². The van der Waals surface area contributed by atoms with Crippen molar-refractivity contribution in [2.24, 2.45) is 0 Å². The zero-order valence-electron chi connectivity index (χ0n) is 13.3. The molecule has 0 unspecified atom stereocenters. The van der Waals surface area contributed by atoms with Gasteiger partial charge in [0.25, 0.3) is 0 Å². The van der Waals surface area contributed by atoms with Crippen molar-refractivity contribution in [1.29, 1.82) is 0 Å². The van der Waals surface area contributed by atoms with E-state index in [4.69, 9.17) is 22.1 Å². The molecule has 2 N–H and O–H groups in total. The molecule has 2 aliphatic rings. The highest BCUT2D eigenvalue weighted by Gasteiger charge is 2.41. The van der Waals surface area contributed by atoms with Crippen molar-refractivity contribution in [3.8, 4) is 0 Å². The number of fused-ring (bicyclic) bond motifs is 1. The number of nitrogens with zero attached hydrogens (tertiary/aromatic N) is 4. The maximum absolute atomic E-state index is 6.29. The van der Waals surface area contributed by atoms with E-state index in [0.29, 0.717) is 22.7 Å². The number of benzene rings is 1. The highest BCUT2D eigenvalue weighted by Crippen LogP contribution is 2.32. The van der Waals surface area contributed by atoms with Gasteiger partial charge in [-0.1, -0.05) is 41.9 Å². The average Bonchev–Trinajstić information content (AvgIpc) is 3.03. The minimum Gasteiger partial charge on any atom is -0.382 e. The smallest absolute Gasteiger partial charge is 0.153 e. The van der Waals surface area contributed by atoms with Crippen LogP contribution < -0.4 is 10.6 Å². The van der Waals surface area contributed by atoms with Gasteiger partial charge in [0.1, 0.15) is 17.2 Å². The Bertz CT molecular complexity index is 713. The number of morpholine rings is 1. The molecule has 2 aromatic rings. The zero-order chi connectivity index (χ0) is 16.5. The summed E-state index contributed by atoms with van der Waals surface area (Å²) in [5.41, 5.74) is 7.13. The number of hydrogen-bond acceptors (Lipinski definition) is 6. The molecule has 0 radical (unpaired) electrons. The van der Waals surface area contributed by atoms with E-state index >= 15 is 0 Å². The third-order valence-electron chi connectivity index (χ3n) is 4.74. The molecule has 1 aromatic heterocycles. The van der Waals surface area contributed by atoms with Gasteiger partial charge in [-0.05, 0) is 5.56 Å². The molecule has 1 aromatic carbocycles. The molecule has 0 saturated carbocycles. The molecule has 24 heavy (non-hydrogen) atoms. The average molecular weight is 346 g/mol. The van der Waals surface area contributed by atoms with Gasteiger partial charge in [-0.3, -0.25) is 4.90 Å². The van der Waals surface area contributed by atoms with Crippen LogP contribution in [0.2, 0.25) is 5.02 Å². The number of hydrogen-bond donors (Lipinski definition) is 1. The molecule has 6 nitrogen and oxygen atoms in total. The Morgan fingerprint density at radius 2 is 2.04 bits per heavy atom. The highest BCUT2D eigenvalue weighted by atomic mass is 35.5. The van der Waals surface area contributed by atoms with Gasteiger partial charge in [0.15, 0.2) is 5.82 Å². The summed E-state index contributed by atoms with van der Waals surface area (Å²) >= 11 is 6.29. The molecule has 2 aliphatic heterocycles. The van der Waals surface area contributed by atoms with Gasteiger partial charge < -0.3 is 15.4 Å². The fraction of sp³-hybridized carbons (Fsp3) is 0.412. The lowest BCUT2D eigenvalue weighted by Gasteiger charge is -2.36. The van der Waals surface area contributed by atoms with Crippen LogP contribution in [0.1, 0.15) is 5.56 Å². The van der Waals surface area contributed by atoms with Crippen LogP contribution in [0.3, 0.4) is 0 Å². The molecule has 0 spiro atoms. The lowest BCUT2D eigenvalue weighted by molar-refractivity contribution is -0.0499. The van der Waals surface area contributed by atoms with Crippen LogP contribution in [-0.2, 0) is 11.3 Å². The van der Waals surface area contributed by atoms with Crippen molar-refractivity contribution in [2.45, 2.75) is 18.7 Å². The molecule has 126 valence electrons. The second kappa shape index (κ2) is 6.55. The van der Waals surface area contributed by atoms with E-state index in [1.165, 1.54) is 11.9 Å². The van der Waals surface area contributed by atoms with Crippen molar-refractivity contribution in [3.05, 3.63) is 47.2 Å². The molecular weight excluding hydrogens is 326 g/mol. The van der Waals surface area contributed by atoms with E-state index in [9.17, 15) is 0 Å². The lowest BCUT2D eigenvalue weighted by Crippen LogP contribution is -2.50. The van der Waals surface area contributed by atoms with Crippen molar-refractivity contribution in [2.75, 3.05) is 36.9 Å². The lowest BCUT2D eigenvalue weighted by atomic mass is 10.1. The standard InChI is InChI=1S/C17H20ClN5O/c18-15-16(19)20-11-21-17(15)23-9-13-14(10-23)24-7-6-22(13)8-12-4-2-1-3-5-12/h1-5,11,13-14H,6-10H2,(H2,19,20,21)/t13-,14+/m1/s1. The third kappa shape index (κ3) is 2.92. The first kappa shape index (κ1) is 15.6. The Labute approximate surface area is 146 Å². The molecule has 0 bridgehead atoms. The Balaban J connectivity index is 1.53. The second-order valence-corrected chi connectivity index (χ2v) is 6.61. The Kier molecular flexibility index (Phi) is 4.26. The van der Waals surface area contributed by atoms with Crippen LogP contribution in [-0.4, -0.2) is 53.3 Å². The second-order valence-electron chi connectivity index (χ2n) is 6.23. The van der Waals surface area contributed by atoms with Gasteiger partial charge in [0.2, 0.25) is 0 Å². The minimum atomic E-state index is 0.162. The highest BCUT2D eigenvalue weighted by molar-refractivity contribution is 6.35. The van der Waals surface area contributed by atoms with Crippen molar-refractivity contribution in [3.63, 3.8) is 0 Å². The summed E-state index contributed by atoms with van der Waals surface area (Å²) in [6, 6.07) is 10.9. The first-order valence-electron chi connectivity index (χ1n) is 8.13. The molecule has 2 fully saturated rings. The van der Waals surface area contributed by atoms with Crippen LogP contribution in [0.5, 0.6) is 0 Å². The number of halogens is 1. The molecule has 0 aliphatic carbocycles. The Morgan fingerprint density at radius 1 is 1.21 bits per heavy atom. The van der Waals surface area contributed by atoms with Gasteiger partial charge in [-0.25, -0.2) is 9.97 Å². The molecule has 3 heterocycles. The number of nitrogens with two attached hydrogens (primary N) is 1. The number of nitrogen functional groups attached to an aromatic ring is 1. The molecule has 0 amide bonds. The van der Waals surface area contributed by atoms with Gasteiger partial charge in [-0.15, -0.1) is 0 Å². The van der Waals surface area contributed by atoms with E-state index in [-0.39, 0.29) is 6.10 Å². The predicted molar refractivity (Wildman–Crippen MR) is 94.0 cm³/mol. The summed E-state index contributed by atoms with van der Waals surface area (Å²) in [7, 11) is 0. The first-order valence-corrected chi connectivity index (χ1v) is 8.50. The molecule has 2 saturated heterocycles. The summed E-state index contributed by atoms with van der Waals surface area (Å²) in [4.78, 5) is 12.9. The van der Waals surface area contributed by atoms with Crippen LogP contribution in [0, 0.1) is 0 Å². The van der Waals surface area contributed by atoms with Crippen LogP contribution in [0.4, 0.5) is 11.6 Å². The number of rotatable bonds is 3. The normalized spacial score (nSPS) is 24.1.